The van der Waals surface area contributed by atoms with Gasteiger partial charge in [0.05, 0.1) is 11.8 Å². The summed E-state index contributed by atoms with van der Waals surface area (Å²) in [5.74, 6) is 0.125. The first-order valence-corrected chi connectivity index (χ1v) is 8.68. The molecule has 1 aromatic heterocycles. The molecule has 24 heavy (non-hydrogen) atoms. The van der Waals surface area contributed by atoms with E-state index in [-0.39, 0.29) is 24.4 Å². The Labute approximate surface area is 143 Å². The lowest BCUT2D eigenvalue weighted by Crippen LogP contribution is -2.31. The van der Waals surface area contributed by atoms with Gasteiger partial charge in [-0.15, -0.1) is 11.3 Å². The fourth-order valence-corrected chi connectivity index (χ4v) is 3.39. The van der Waals surface area contributed by atoms with Crippen LogP contribution in [-0.2, 0) is 11.3 Å². The molecule has 1 aliphatic heterocycles. The number of aryl methyl sites for hydroxylation is 1. The summed E-state index contributed by atoms with van der Waals surface area (Å²) in [4.78, 5) is 17.2. The lowest BCUT2D eigenvalue weighted by molar-refractivity contribution is 0.0860. The quantitative estimate of drug-likeness (QED) is 0.870. The number of hydrogen-bond donors (Lipinski definition) is 1. The van der Waals surface area contributed by atoms with E-state index in [4.69, 9.17) is 9.47 Å². The maximum atomic E-state index is 12.9. The van der Waals surface area contributed by atoms with E-state index in [9.17, 15) is 9.18 Å². The molecule has 1 atom stereocenters. The van der Waals surface area contributed by atoms with Crippen molar-refractivity contribution in [3.05, 3.63) is 45.7 Å². The van der Waals surface area contributed by atoms with Crippen LogP contribution >= 0.6 is 11.3 Å². The van der Waals surface area contributed by atoms with Gasteiger partial charge in [-0.2, -0.15) is 0 Å². The van der Waals surface area contributed by atoms with Gasteiger partial charge in [-0.3, -0.25) is 4.79 Å². The van der Waals surface area contributed by atoms with Gasteiger partial charge in [-0.25, -0.2) is 9.37 Å². The zero-order valence-corrected chi connectivity index (χ0v) is 14.2. The molecule has 1 amide bonds. The van der Waals surface area contributed by atoms with Gasteiger partial charge in [0, 0.05) is 13.2 Å². The molecule has 7 heteroatoms. The maximum absolute atomic E-state index is 12.9. The summed E-state index contributed by atoms with van der Waals surface area (Å²) >= 11 is 1.31. The number of rotatable bonds is 6. The summed E-state index contributed by atoms with van der Waals surface area (Å²) in [7, 11) is 0. The molecule has 0 saturated carbocycles. The zero-order chi connectivity index (χ0) is 16.9. The Hall–Kier alpha value is -1.99. The summed E-state index contributed by atoms with van der Waals surface area (Å²) < 4.78 is 23.9. The summed E-state index contributed by atoms with van der Waals surface area (Å²) in [6, 6.07) is 5.80. The van der Waals surface area contributed by atoms with Crippen LogP contribution in [-0.4, -0.2) is 30.1 Å². The van der Waals surface area contributed by atoms with Crippen molar-refractivity contribution in [1.29, 1.82) is 0 Å². The number of halogens is 1. The molecule has 1 saturated heterocycles. The SMILES string of the molecule is Cc1nc(COc2ccc(F)cc2)sc1C(=O)NC[C@H]1CCCO1. The molecular formula is C17H19FN2O3S. The Kier molecular flexibility index (Phi) is 5.42. The van der Waals surface area contributed by atoms with E-state index < -0.39 is 0 Å². The van der Waals surface area contributed by atoms with Crippen LogP contribution in [0.15, 0.2) is 24.3 Å². The molecule has 0 unspecified atom stereocenters. The highest BCUT2D eigenvalue weighted by Gasteiger charge is 2.19. The van der Waals surface area contributed by atoms with E-state index in [2.05, 4.69) is 10.3 Å². The smallest absolute Gasteiger partial charge is 0.263 e. The molecule has 2 heterocycles. The molecule has 2 aromatic rings. The molecule has 1 aliphatic rings. The van der Waals surface area contributed by atoms with Crippen LogP contribution in [0.3, 0.4) is 0 Å². The highest BCUT2D eigenvalue weighted by atomic mass is 32.1. The number of nitrogens with one attached hydrogen (secondary N) is 1. The first kappa shape index (κ1) is 16.9. The minimum Gasteiger partial charge on any atom is -0.486 e. The van der Waals surface area contributed by atoms with Gasteiger partial charge in [-0.1, -0.05) is 0 Å². The van der Waals surface area contributed by atoms with Crippen molar-refractivity contribution in [2.75, 3.05) is 13.2 Å². The molecule has 128 valence electrons. The molecule has 5 nitrogen and oxygen atoms in total. The van der Waals surface area contributed by atoms with Gasteiger partial charge in [0.2, 0.25) is 0 Å². The number of carbonyl (C=O) groups excluding carboxylic acids is 1. The number of aromatic nitrogens is 1. The number of hydrogen-bond acceptors (Lipinski definition) is 5. The predicted octanol–water partition coefficient (Wildman–Crippen LogP) is 3.08. The Morgan fingerprint density at radius 3 is 2.96 bits per heavy atom. The third-order valence-corrected chi connectivity index (χ3v) is 4.87. The monoisotopic (exact) mass is 350 g/mol. The predicted molar refractivity (Wildman–Crippen MR) is 88.9 cm³/mol. The lowest BCUT2D eigenvalue weighted by Gasteiger charge is -2.09. The van der Waals surface area contributed by atoms with E-state index in [0.717, 1.165) is 19.4 Å². The van der Waals surface area contributed by atoms with Gasteiger partial charge in [0.15, 0.2) is 0 Å². The standard InChI is InChI=1S/C17H19FN2O3S/c1-11-16(17(21)19-9-14-3-2-8-22-14)24-15(20-11)10-23-13-6-4-12(18)5-7-13/h4-7,14H,2-3,8-10H2,1H3,(H,19,21)/t14-/m1/s1. The molecule has 1 N–H and O–H groups in total. The average molecular weight is 350 g/mol. The van der Waals surface area contributed by atoms with Gasteiger partial charge in [0.25, 0.3) is 5.91 Å². The number of benzene rings is 1. The summed E-state index contributed by atoms with van der Waals surface area (Å²) in [6.45, 7) is 3.34. The number of amides is 1. The zero-order valence-electron chi connectivity index (χ0n) is 13.4. The summed E-state index contributed by atoms with van der Waals surface area (Å²) in [5.41, 5.74) is 0.683. The first-order chi connectivity index (χ1) is 11.6. The molecule has 3 rings (SSSR count). The van der Waals surface area contributed by atoms with E-state index >= 15 is 0 Å². The van der Waals surface area contributed by atoms with Gasteiger partial charge in [-0.05, 0) is 44.0 Å². The third kappa shape index (κ3) is 4.30. The minimum atomic E-state index is -0.308. The Morgan fingerprint density at radius 1 is 1.46 bits per heavy atom. The number of carbonyl (C=O) groups is 1. The third-order valence-electron chi connectivity index (χ3n) is 3.74. The topological polar surface area (TPSA) is 60.5 Å². The largest absolute Gasteiger partial charge is 0.486 e. The Morgan fingerprint density at radius 2 is 2.25 bits per heavy atom. The molecule has 0 aliphatic carbocycles. The molecule has 1 aromatic carbocycles. The Bertz CT molecular complexity index is 696. The number of nitrogens with zero attached hydrogens (tertiary/aromatic N) is 1. The van der Waals surface area contributed by atoms with E-state index in [1.54, 1.807) is 19.1 Å². The highest BCUT2D eigenvalue weighted by molar-refractivity contribution is 7.13. The highest BCUT2D eigenvalue weighted by Crippen LogP contribution is 2.21. The van der Waals surface area contributed by atoms with Crippen molar-refractivity contribution in [2.45, 2.75) is 32.5 Å². The van der Waals surface area contributed by atoms with Gasteiger partial charge in [0.1, 0.15) is 28.1 Å². The fraction of sp³-hybridized carbons (Fsp3) is 0.412. The van der Waals surface area contributed by atoms with Crippen LogP contribution in [0, 0.1) is 12.7 Å². The van der Waals surface area contributed by atoms with E-state index in [1.807, 2.05) is 0 Å². The second kappa shape index (κ2) is 7.72. The van der Waals surface area contributed by atoms with Crippen molar-refractivity contribution in [3.8, 4) is 5.75 Å². The lowest BCUT2D eigenvalue weighted by atomic mass is 10.2. The molecular weight excluding hydrogens is 331 g/mol. The number of thiazole rings is 1. The van der Waals surface area contributed by atoms with Gasteiger partial charge >= 0.3 is 0 Å². The molecule has 1 fully saturated rings. The van der Waals surface area contributed by atoms with Crippen LogP contribution < -0.4 is 10.1 Å². The maximum Gasteiger partial charge on any atom is 0.263 e. The summed E-state index contributed by atoms with van der Waals surface area (Å²) in [6.07, 6.45) is 2.15. The van der Waals surface area contributed by atoms with Crippen molar-refractivity contribution < 1.29 is 18.7 Å². The molecule has 0 radical (unpaired) electrons. The van der Waals surface area contributed by atoms with Crippen molar-refractivity contribution in [3.63, 3.8) is 0 Å². The molecule has 0 bridgehead atoms. The normalized spacial score (nSPS) is 17.0. The van der Waals surface area contributed by atoms with E-state index in [0.29, 0.717) is 27.9 Å². The van der Waals surface area contributed by atoms with Crippen LogP contribution in [0.4, 0.5) is 4.39 Å². The van der Waals surface area contributed by atoms with Crippen LogP contribution in [0.25, 0.3) is 0 Å². The molecule has 0 spiro atoms. The second-order valence-corrected chi connectivity index (χ2v) is 6.69. The van der Waals surface area contributed by atoms with Crippen LogP contribution in [0.1, 0.15) is 33.2 Å². The van der Waals surface area contributed by atoms with Gasteiger partial charge < -0.3 is 14.8 Å². The number of ether oxygens (including phenoxy) is 2. The summed E-state index contributed by atoms with van der Waals surface area (Å²) in [5, 5.41) is 3.61. The average Bonchev–Trinajstić information content (AvgIpc) is 3.22. The van der Waals surface area contributed by atoms with Crippen molar-refractivity contribution in [1.82, 2.24) is 10.3 Å². The first-order valence-electron chi connectivity index (χ1n) is 7.86. The van der Waals surface area contributed by atoms with Crippen LogP contribution in [0.5, 0.6) is 5.75 Å². The Balaban J connectivity index is 1.55. The fourth-order valence-electron chi connectivity index (χ4n) is 2.49. The minimum absolute atomic E-state index is 0.114. The van der Waals surface area contributed by atoms with Crippen molar-refractivity contribution in [2.24, 2.45) is 0 Å². The van der Waals surface area contributed by atoms with Crippen LogP contribution in [0.2, 0.25) is 0 Å². The second-order valence-electron chi connectivity index (χ2n) is 5.61. The van der Waals surface area contributed by atoms with E-state index in [1.165, 1.54) is 23.5 Å². The van der Waals surface area contributed by atoms with Crippen molar-refractivity contribution >= 4 is 17.2 Å².